The Morgan fingerprint density at radius 2 is 1.66 bits per heavy atom. The Morgan fingerprint density at radius 3 is 2.34 bits per heavy atom. The van der Waals surface area contributed by atoms with Gasteiger partial charge in [0.15, 0.2) is 0 Å². The van der Waals surface area contributed by atoms with E-state index in [-0.39, 0.29) is 11.9 Å². The molecule has 2 aliphatic heterocycles. The van der Waals surface area contributed by atoms with E-state index in [0.29, 0.717) is 31.5 Å². The molecule has 1 N–H and O–H groups in total. The molecule has 0 spiro atoms. The van der Waals surface area contributed by atoms with E-state index in [0.717, 1.165) is 45.0 Å². The van der Waals surface area contributed by atoms with Gasteiger partial charge < -0.3 is 14.7 Å². The van der Waals surface area contributed by atoms with Gasteiger partial charge in [-0.1, -0.05) is 42.5 Å². The van der Waals surface area contributed by atoms with Crippen LogP contribution in [0.25, 0.3) is 0 Å². The summed E-state index contributed by atoms with van der Waals surface area (Å²) in [6, 6.07) is 18.3. The van der Waals surface area contributed by atoms with Gasteiger partial charge in [-0.25, -0.2) is 0 Å². The van der Waals surface area contributed by atoms with Gasteiger partial charge in [0.2, 0.25) is 0 Å². The molecule has 2 saturated heterocycles. The van der Waals surface area contributed by atoms with Gasteiger partial charge >= 0.3 is 0 Å². The topological polar surface area (TPSA) is 56.2 Å². The summed E-state index contributed by atoms with van der Waals surface area (Å²) in [6.07, 6.45) is -0.392. The monoisotopic (exact) mass is 479 g/mol. The Morgan fingerprint density at radius 1 is 1.00 bits per heavy atom. The summed E-state index contributed by atoms with van der Waals surface area (Å²) in [5.41, 5.74) is 3.40. The molecule has 0 aromatic heterocycles. The first-order chi connectivity index (χ1) is 16.9. The number of β-amino-alcohol motifs (C(OH)–C–C–N with tert-alkyl or cyclic N) is 1. The van der Waals surface area contributed by atoms with Crippen LogP contribution in [0.4, 0.5) is 0 Å². The summed E-state index contributed by atoms with van der Waals surface area (Å²) in [4.78, 5) is 20.1. The fraction of sp³-hybridized carbons (Fsp3) is 0.552. The van der Waals surface area contributed by atoms with Crippen molar-refractivity contribution in [2.75, 3.05) is 59.0 Å². The normalized spacial score (nSPS) is 22.4. The molecular formula is C29H41N3O3. The van der Waals surface area contributed by atoms with Gasteiger partial charge in [-0.15, -0.1) is 0 Å². The summed E-state index contributed by atoms with van der Waals surface area (Å²) >= 11 is 0. The first-order valence-corrected chi connectivity index (χ1v) is 13.0. The number of ether oxygens (including phenoxy) is 1. The van der Waals surface area contributed by atoms with Crippen molar-refractivity contribution in [1.29, 1.82) is 0 Å². The van der Waals surface area contributed by atoms with Gasteiger partial charge in [0.1, 0.15) is 0 Å². The van der Waals surface area contributed by atoms with E-state index in [9.17, 15) is 9.90 Å². The number of morpholine rings is 1. The molecule has 2 aliphatic rings. The number of carbonyl (C=O) groups excluding carboxylic acids is 1. The van der Waals surface area contributed by atoms with E-state index < -0.39 is 6.10 Å². The fourth-order valence-electron chi connectivity index (χ4n) is 5.61. The summed E-state index contributed by atoms with van der Waals surface area (Å²) in [7, 11) is 0. The number of hydrogen-bond acceptors (Lipinski definition) is 5. The number of nitrogens with zero attached hydrogens (tertiary/aromatic N) is 3. The second kappa shape index (κ2) is 12.1. The number of rotatable bonds is 9. The van der Waals surface area contributed by atoms with Crippen LogP contribution < -0.4 is 0 Å². The van der Waals surface area contributed by atoms with Crippen LogP contribution in [0.1, 0.15) is 41.3 Å². The van der Waals surface area contributed by atoms with Gasteiger partial charge in [0.05, 0.1) is 19.3 Å². The minimum Gasteiger partial charge on any atom is -0.390 e. The quantitative estimate of drug-likeness (QED) is 0.598. The van der Waals surface area contributed by atoms with E-state index in [2.05, 4.69) is 54.8 Å². The molecule has 3 unspecified atom stereocenters. The van der Waals surface area contributed by atoms with Crippen molar-refractivity contribution in [2.24, 2.45) is 5.92 Å². The van der Waals surface area contributed by atoms with E-state index in [1.807, 2.05) is 35.2 Å². The number of aryl methyl sites for hydroxylation is 1. The maximum absolute atomic E-state index is 13.4. The van der Waals surface area contributed by atoms with E-state index >= 15 is 0 Å². The molecule has 35 heavy (non-hydrogen) atoms. The van der Waals surface area contributed by atoms with Crippen LogP contribution in [0.5, 0.6) is 0 Å². The molecule has 6 nitrogen and oxygen atoms in total. The molecule has 2 fully saturated rings. The summed E-state index contributed by atoms with van der Waals surface area (Å²) in [5, 5.41) is 10.9. The van der Waals surface area contributed by atoms with Crippen LogP contribution >= 0.6 is 0 Å². The number of hydrogen-bond donors (Lipinski definition) is 1. The molecule has 2 aromatic carbocycles. The Labute approximate surface area is 210 Å². The minimum atomic E-state index is -0.392. The highest BCUT2D eigenvalue weighted by Crippen LogP contribution is 2.35. The van der Waals surface area contributed by atoms with Gasteiger partial charge in [-0.2, -0.15) is 0 Å². The summed E-state index contributed by atoms with van der Waals surface area (Å²) in [6.45, 7) is 13.5. The number of aliphatic hydroxyl groups excluding tert-OH is 1. The second-order valence-electron chi connectivity index (χ2n) is 10.4. The average Bonchev–Trinajstić information content (AvgIpc) is 3.25. The number of aliphatic hydroxyl groups is 1. The number of carbonyl (C=O) groups is 1. The van der Waals surface area contributed by atoms with Crippen molar-refractivity contribution in [3.8, 4) is 0 Å². The molecule has 1 amide bonds. The fourth-order valence-corrected chi connectivity index (χ4v) is 5.61. The molecule has 4 rings (SSSR count). The van der Waals surface area contributed by atoms with Crippen molar-refractivity contribution in [2.45, 2.75) is 38.8 Å². The predicted molar refractivity (Wildman–Crippen MR) is 140 cm³/mol. The third-order valence-corrected chi connectivity index (χ3v) is 7.48. The lowest BCUT2D eigenvalue weighted by Gasteiger charge is -2.32. The smallest absolute Gasteiger partial charge is 0.254 e. The van der Waals surface area contributed by atoms with Crippen LogP contribution in [0, 0.1) is 12.8 Å². The van der Waals surface area contributed by atoms with Crippen molar-refractivity contribution in [3.63, 3.8) is 0 Å². The Hall–Kier alpha value is -2.25. The Balaban J connectivity index is 1.49. The van der Waals surface area contributed by atoms with Crippen LogP contribution in [0.15, 0.2) is 54.6 Å². The lowest BCUT2D eigenvalue weighted by Crippen LogP contribution is -2.44. The largest absolute Gasteiger partial charge is 0.390 e. The maximum atomic E-state index is 13.4. The first kappa shape index (κ1) is 25.8. The van der Waals surface area contributed by atoms with Crippen molar-refractivity contribution < 1.29 is 14.6 Å². The lowest BCUT2D eigenvalue weighted by atomic mass is 9.86. The van der Waals surface area contributed by atoms with Crippen LogP contribution in [0.2, 0.25) is 0 Å². The number of benzene rings is 2. The maximum Gasteiger partial charge on any atom is 0.254 e. The van der Waals surface area contributed by atoms with Crippen molar-refractivity contribution in [3.05, 3.63) is 71.3 Å². The Bertz CT molecular complexity index is 945. The van der Waals surface area contributed by atoms with E-state index in [1.54, 1.807) is 0 Å². The van der Waals surface area contributed by atoms with Gasteiger partial charge in [0, 0.05) is 63.3 Å². The zero-order valence-electron chi connectivity index (χ0n) is 21.5. The third-order valence-electron chi connectivity index (χ3n) is 7.48. The van der Waals surface area contributed by atoms with Gasteiger partial charge in [0.25, 0.3) is 5.91 Å². The SMILES string of the molecule is Cc1ccccc1C1CN(CC(O)CN2CCOCC2)CC1CN(C(=O)c1ccccc1)C(C)C. The standard InChI is InChI=1S/C29H41N3O3/c1-22(2)32(29(34)24-10-5-4-6-11-24)18-25-17-31(20-26(33)19-30-13-15-35-16-14-30)21-28(25)27-12-8-7-9-23(27)3/h4-12,22,25-26,28,33H,13-21H2,1-3H3. The molecule has 2 heterocycles. The molecule has 3 atom stereocenters. The van der Waals surface area contributed by atoms with Gasteiger partial charge in [-0.05, 0) is 49.9 Å². The lowest BCUT2D eigenvalue weighted by molar-refractivity contribution is 0.00815. The zero-order chi connectivity index (χ0) is 24.8. The predicted octanol–water partition coefficient (Wildman–Crippen LogP) is 3.25. The number of amides is 1. The number of likely N-dealkylation sites (tertiary alicyclic amines) is 1. The third kappa shape index (κ3) is 6.70. The molecule has 0 radical (unpaired) electrons. The van der Waals surface area contributed by atoms with Crippen molar-refractivity contribution in [1.82, 2.24) is 14.7 Å². The first-order valence-electron chi connectivity index (χ1n) is 13.0. The van der Waals surface area contributed by atoms with Crippen LogP contribution in [-0.2, 0) is 4.74 Å². The molecular weight excluding hydrogens is 438 g/mol. The molecule has 0 bridgehead atoms. The molecule has 2 aromatic rings. The molecule has 6 heteroatoms. The second-order valence-corrected chi connectivity index (χ2v) is 10.4. The van der Waals surface area contributed by atoms with Crippen LogP contribution in [-0.4, -0.2) is 96.9 Å². The Kier molecular flexibility index (Phi) is 8.95. The highest BCUT2D eigenvalue weighted by atomic mass is 16.5. The van der Waals surface area contributed by atoms with Crippen molar-refractivity contribution >= 4 is 5.91 Å². The minimum absolute atomic E-state index is 0.0925. The highest BCUT2D eigenvalue weighted by molar-refractivity contribution is 5.94. The zero-order valence-corrected chi connectivity index (χ0v) is 21.5. The molecule has 190 valence electrons. The molecule has 0 aliphatic carbocycles. The summed E-state index contributed by atoms with van der Waals surface area (Å²) in [5.74, 6) is 0.730. The highest BCUT2D eigenvalue weighted by Gasteiger charge is 2.37. The summed E-state index contributed by atoms with van der Waals surface area (Å²) < 4.78 is 5.44. The molecule has 0 saturated carbocycles. The average molecular weight is 480 g/mol. The van der Waals surface area contributed by atoms with E-state index in [1.165, 1.54) is 11.1 Å². The van der Waals surface area contributed by atoms with Gasteiger partial charge in [-0.3, -0.25) is 14.6 Å². The van der Waals surface area contributed by atoms with Crippen LogP contribution in [0.3, 0.4) is 0 Å². The van der Waals surface area contributed by atoms with E-state index in [4.69, 9.17) is 4.74 Å².